The number of nitrogens with zero attached hydrogens (tertiary/aromatic N) is 2. The molecule has 0 aliphatic rings. The zero-order valence-corrected chi connectivity index (χ0v) is 17.1. The minimum atomic E-state index is -1.44. The molecule has 0 spiro atoms. The number of nitrogens with two attached hydrogens (primary N) is 1. The average Bonchev–Trinajstić information content (AvgIpc) is 2.68. The first-order chi connectivity index (χ1) is 14.3. The van der Waals surface area contributed by atoms with Crippen molar-refractivity contribution >= 4 is 28.7 Å². The maximum absolute atomic E-state index is 13.0. The van der Waals surface area contributed by atoms with Gasteiger partial charge < -0.3 is 10.5 Å². The smallest absolute Gasteiger partial charge is 0.324 e. The monoisotopic (exact) mass is 405 g/mol. The second-order valence-electron chi connectivity index (χ2n) is 7.05. The number of Topliss-reactive ketones (excluding diaryl/α,β-unsaturated/α-hetero) is 1. The fourth-order valence-electron chi connectivity index (χ4n) is 3.37. The van der Waals surface area contributed by atoms with Crippen molar-refractivity contribution in [1.82, 2.24) is 9.97 Å². The van der Waals surface area contributed by atoms with Crippen LogP contribution in [0.25, 0.3) is 11.0 Å². The van der Waals surface area contributed by atoms with Gasteiger partial charge in [0.15, 0.2) is 11.7 Å². The van der Waals surface area contributed by atoms with Gasteiger partial charge in [-0.15, -0.1) is 0 Å². The van der Waals surface area contributed by atoms with Gasteiger partial charge in [-0.25, -0.2) is 9.97 Å². The Hall–Kier alpha value is -3.61. The number of ketones is 1. The molecule has 0 aliphatic heterocycles. The van der Waals surface area contributed by atoms with E-state index in [1.165, 1.54) is 0 Å². The summed E-state index contributed by atoms with van der Waals surface area (Å²) in [6.07, 6.45) is -0.125. The Morgan fingerprint density at radius 2 is 1.70 bits per heavy atom. The van der Waals surface area contributed by atoms with Crippen LogP contribution in [0.2, 0.25) is 0 Å². The van der Waals surface area contributed by atoms with Gasteiger partial charge in [0.25, 0.3) is 0 Å². The Labute approximate surface area is 174 Å². The quantitative estimate of drug-likeness (QED) is 0.367. The number of esters is 1. The Balaban J connectivity index is 2.11. The minimum Gasteiger partial charge on any atom is -0.465 e. The number of hydrogen-bond donors (Lipinski definition) is 1. The second kappa shape index (κ2) is 8.82. The third-order valence-corrected chi connectivity index (χ3v) is 4.76. The molecule has 0 saturated carbocycles. The molecule has 0 saturated heterocycles. The van der Waals surface area contributed by atoms with Crippen molar-refractivity contribution in [3.8, 4) is 0 Å². The van der Waals surface area contributed by atoms with E-state index in [1.807, 2.05) is 26.0 Å². The van der Waals surface area contributed by atoms with Crippen LogP contribution in [0.3, 0.4) is 0 Å². The van der Waals surface area contributed by atoms with Gasteiger partial charge in [0.1, 0.15) is 0 Å². The van der Waals surface area contributed by atoms with Gasteiger partial charge in [0.05, 0.1) is 35.4 Å². The number of carbonyl (C=O) groups excluding carboxylic acids is 3. The molecule has 2 N–H and O–H groups in total. The normalized spacial score (nSPS) is 11.8. The molecule has 7 heteroatoms. The molecule has 0 bridgehead atoms. The molecule has 154 valence electrons. The third kappa shape index (κ3) is 4.35. The van der Waals surface area contributed by atoms with Crippen molar-refractivity contribution in [2.24, 2.45) is 5.73 Å². The molecule has 0 radical (unpaired) electrons. The number of amides is 1. The summed E-state index contributed by atoms with van der Waals surface area (Å²) >= 11 is 0. The number of aryl methyl sites for hydroxylation is 2. The predicted molar refractivity (Wildman–Crippen MR) is 112 cm³/mol. The molecule has 0 fully saturated rings. The molecule has 7 nitrogen and oxygen atoms in total. The lowest BCUT2D eigenvalue weighted by molar-refractivity contribution is -0.147. The highest BCUT2D eigenvalue weighted by Gasteiger charge is 2.33. The Kier molecular flexibility index (Phi) is 6.20. The molecule has 0 aliphatic carbocycles. The average molecular weight is 405 g/mol. The molecule has 3 aromatic rings. The van der Waals surface area contributed by atoms with E-state index in [2.05, 4.69) is 9.97 Å². The number of hydrogen-bond acceptors (Lipinski definition) is 6. The predicted octanol–water partition coefficient (Wildman–Crippen LogP) is 2.80. The molecule has 1 aromatic heterocycles. The Bertz CT molecular complexity index is 1140. The summed E-state index contributed by atoms with van der Waals surface area (Å²) in [6.45, 7) is 5.52. The highest BCUT2D eigenvalue weighted by molar-refractivity contribution is 6.04. The number of rotatable bonds is 7. The summed E-state index contributed by atoms with van der Waals surface area (Å²) in [6, 6.07) is 12.6. The fourth-order valence-corrected chi connectivity index (χ4v) is 3.37. The molecule has 1 amide bonds. The first-order valence-electron chi connectivity index (χ1n) is 9.63. The number of fused-ring (bicyclic) bond motifs is 1. The molecule has 3 rings (SSSR count). The summed E-state index contributed by atoms with van der Waals surface area (Å²) in [4.78, 5) is 46.6. The van der Waals surface area contributed by atoms with Crippen LogP contribution in [0, 0.1) is 13.8 Å². The second-order valence-corrected chi connectivity index (χ2v) is 7.05. The standard InChI is InChI=1S/C23H23N3O4/c1-4-30-23(29)20(22(24)28)21-18(25-16-7-5-6-8-17(16)26-21)12-19(27)15-10-9-13(2)11-14(15)3/h5-11,20H,4,12H2,1-3H3,(H2,24,28)/t20-/m0/s1. The van der Waals surface area contributed by atoms with Gasteiger partial charge in [0.2, 0.25) is 5.91 Å². The molecular formula is C23H23N3O4. The first kappa shape index (κ1) is 21.1. The van der Waals surface area contributed by atoms with Gasteiger partial charge in [-0.2, -0.15) is 0 Å². The van der Waals surface area contributed by atoms with E-state index in [-0.39, 0.29) is 30.2 Å². The van der Waals surface area contributed by atoms with Crippen LogP contribution in [0.5, 0.6) is 0 Å². The lowest BCUT2D eigenvalue weighted by atomic mass is 9.95. The molecule has 30 heavy (non-hydrogen) atoms. The third-order valence-electron chi connectivity index (χ3n) is 4.76. The molecule has 0 unspecified atom stereocenters. The summed E-state index contributed by atoms with van der Waals surface area (Å²) in [5.74, 6) is -3.34. The van der Waals surface area contributed by atoms with Crippen molar-refractivity contribution in [3.63, 3.8) is 0 Å². The molecule has 1 atom stereocenters. The van der Waals surface area contributed by atoms with Crippen LogP contribution < -0.4 is 5.73 Å². The van der Waals surface area contributed by atoms with E-state index in [9.17, 15) is 14.4 Å². The maximum Gasteiger partial charge on any atom is 0.324 e. The number of benzene rings is 2. The molecule has 2 aromatic carbocycles. The number of ether oxygens (including phenoxy) is 1. The summed E-state index contributed by atoms with van der Waals surface area (Å²) in [5.41, 5.74) is 9.27. The largest absolute Gasteiger partial charge is 0.465 e. The number of primary amides is 1. The lowest BCUT2D eigenvalue weighted by Gasteiger charge is -2.16. The topological polar surface area (TPSA) is 112 Å². The Morgan fingerprint density at radius 1 is 1.03 bits per heavy atom. The van der Waals surface area contributed by atoms with Crippen LogP contribution in [0.1, 0.15) is 45.7 Å². The summed E-state index contributed by atoms with van der Waals surface area (Å²) in [7, 11) is 0. The molecular weight excluding hydrogens is 382 g/mol. The van der Waals surface area contributed by atoms with E-state index < -0.39 is 17.8 Å². The van der Waals surface area contributed by atoms with Crippen molar-refractivity contribution in [2.75, 3.05) is 6.61 Å². The van der Waals surface area contributed by atoms with Crippen molar-refractivity contribution in [2.45, 2.75) is 33.1 Å². The minimum absolute atomic E-state index is 0.0535. The maximum atomic E-state index is 13.0. The van der Waals surface area contributed by atoms with Crippen molar-refractivity contribution in [3.05, 3.63) is 70.5 Å². The summed E-state index contributed by atoms with van der Waals surface area (Å²) in [5, 5.41) is 0. The van der Waals surface area contributed by atoms with Crippen molar-refractivity contribution < 1.29 is 19.1 Å². The van der Waals surface area contributed by atoms with Crippen LogP contribution in [0.4, 0.5) is 0 Å². The van der Waals surface area contributed by atoms with Crippen molar-refractivity contribution in [1.29, 1.82) is 0 Å². The van der Waals surface area contributed by atoms with Crippen LogP contribution in [-0.4, -0.2) is 34.2 Å². The van der Waals surface area contributed by atoms with Gasteiger partial charge >= 0.3 is 5.97 Å². The number of aromatic nitrogens is 2. The highest BCUT2D eigenvalue weighted by atomic mass is 16.5. The van der Waals surface area contributed by atoms with Crippen LogP contribution >= 0.6 is 0 Å². The number of para-hydroxylation sites is 2. The zero-order valence-electron chi connectivity index (χ0n) is 17.1. The van der Waals surface area contributed by atoms with E-state index in [0.717, 1.165) is 11.1 Å². The summed E-state index contributed by atoms with van der Waals surface area (Å²) < 4.78 is 5.02. The van der Waals surface area contributed by atoms with Gasteiger partial charge in [-0.3, -0.25) is 14.4 Å². The molecule has 1 heterocycles. The Morgan fingerprint density at radius 3 is 2.30 bits per heavy atom. The van der Waals surface area contributed by atoms with Crippen LogP contribution in [0.15, 0.2) is 42.5 Å². The van der Waals surface area contributed by atoms with Gasteiger partial charge in [-0.1, -0.05) is 35.9 Å². The van der Waals surface area contributed by atoms with E-state index in [4.69, 9.17) is 10.5 Å². The highest BCUT2D eigenvalue weighted by Crippen LogP contribution is 2.24. The number of carbonyl (C=O) groups is 3. The lowest BCUT2D eigenvalue weighted by Crippen LogP contribution is -2.32. The fraction of sp³-hybridized carbons (Fsp3) is 0.261. The first-order valence-corrected chi connectivity index (χ1v) is 9.63. The van der Waals surface area contributed by atoms with E-state index in [1.54, 1.807) is 37.3 Å². The van der Waals surface area contributed by atoms with Crippen LogP contribution in [-0.2, 0) is 20.7 Å². The van der Waals surface area contributed by atoms with E-state index >= 15 is 0 Å². The zero-order chi connectivity index (χ0) is 21.8. The van der Waals surface area contributed by atoms with Gasteiger partial charge in [-0.05, 0) is 38.5 Å². The van der Waals surface area contributed by atoms with Gasteiger partial charge in [0, 0.05) is 5.56 Å². The van der Waals surface area contributed by atoms with E-state index in [0.29, 0.717) is 16.6 Å². The SMILES string of the molecule is CCOC(=O)[C@H](C(N)=O)c1nc2ccccc2nc1CC(=O)c1ccc(C)cc1C.